The lowest BCUT2D eigenvalue weighted by molar-refractivity contribution is -0.151. The van der Waals surface area contributed by atoms with Crippen molar-refractivity contribution in [2.75, 3.05) is 60.0 Å². The van der Waals surface area contributed by atoms with Crippen molar-refractivity contribution in [3.8, 4) is 5.75 Å². The molecule has 198 valence electrons. The molecule has 1 aromatic carbocycles. The van der Waals surface area contributed by atoms with Crippen molar-refractivity contribution in [2.45, 2.75) is 51.5 Å². The quantitative estimate of drug-likeness (QED) is 0.578. The van der Waals surface area contributed by atoms with Crippen LogP contribution >= 0.6 is 0 Å². The Kier molecular flexibility index (Phi) is 8.88. The number of likely N-dealkylation sites (N-methyl/N-ethyl adjacent to an activating group) is 1. The molecule has 3 aliphatic rings. The molecule has 0 saturated carbocycles. The van der Waals surface area contributed by atoms with Crippen molar-refractivity contribution in [3.05, 3.63) is 29.8 Å². The summed E-state index contributed by atoms with van der Waals surface area (Å²) in [5.41, 5.74) is 0.905. The van der Waals surface area contributed by atoms with Crippen LogP contribution in [0, 0.1) is 11.8 Å². The lowest BCUT2D eigenvalue weighted by Crippen LogP contribution is -2.53. The summed E-state index contributed by atoms with van der Waals surface area (Å²) in [5, 5.41) is 0. The van der Waals surface area contributed by atoms with Gasteiger partial charge in [-0.05, 0) is 38.8 Å². The fourth-order valence-electron chi connectivity index (χ4n) is 5.97. The summed E-state index contributed by atoms with van der Waals surface area (Å²) in [7, 11) is 3.73. The number of likely N-dealkylation sites (tertiary alicyclic amines) is 2. The lowest BCUT2D eigenvalue weighted by Gasteiger charge is -2.44. The zero-order chi connectivity index (χ0) is 25.7. The van der Waals surface area contributed by atoms with Crippen LogP contribution in [-0.4, -0.2) is 97.3 Å². The van der Waals surface area contributed by atoms with Gasteiger partial charge < -0.3 is 24.3 Å². The van der Waals surface area contributed by atoms with Gasteiger partial charge in [0.15, 0.2) is 0 Å². The minimum Gasteiger partial charge on any atom is -0.496 e. The van der Waals surface area contributed by atoms with Gasteiger partial charge in [-0.25, -0.2) is 0 Å². The van der Waals surface area contributed by atoms with Gasteiger partial charge in [-0.1, -0.05) is 31.5 Å². The highest BCUT2D eigenvalue weighted by Gasteiger charge is 2.44. The Morgan fingerprint density at radius 3 is 2.28 bits per heavy atom. The number of para-hydroxylation sites is 1. The maximum atomic E-state index is 13.9. The number of hydrogen-bond acceptors (Lipinski definition) is 5. The molecule has 8 heteroatoms. The van der Waals surface area contributed by atoms with Crippen molar-refractivity contribution < 1.29 is 19.1 Å². The van der Waals surface area contributed by atoms with Crippen molar-refractivity contribution in [1.29, 1.82) is 0 Å². The third-order valence-electron chi connectivity index (χ3n) is 8.20. The first-order valence-corrected chi connectivity index (χ1v) is 13.6. The molecule has 0 radical (unpaired) electrons. The van der Waals surface area contributed by atoms with E-state index in [-0.39, 0.29) is 35.6 Å². The van der Waals surface area contributed by atoms with Crippen LogP contribution in [-0.2, 0) is 14.4 Å². The standard InChI is InChI=1S/C28H42N4O4/c1-4-5-14-32-25(33)11-10-23(26(32)22-8-6-7-9-24(22)36-3)28(35)30-15-12-21(13-16-30)27(34)31-19-17-29(2)18-20-31/h6-9,21,23,26H,4-5,10-20H2,1-3H3. The number of methoxy groups -OCH3 is 1. The first-order valence-electron chi connectivity index (χ1n) is 13.6. The van der Waals surface area contributed by atoms with Crippen LogP contribution in [0.4, 0.5) is 0 Å². The fraction of sp³-hybridized carbons (Fsp3) is 0.679. The Bertz CT molecular complexity index is 922. The van der Waals surface area contributed by atoms with Gasteiger partial charge in [0.25, 0.3) is 0 Å². The molecule has 8 nitrogen and oxygen atoms in total. The summed E-state index contributed by atoms with van der Waals surface area (Å²) >= 11 is 0. The van der Waals surface area contributed by atoms with E-state index in [1.807, 2.05) is 39.0 Å². The molecule has 4 rings (SSSR count). The normalized spacial score (nSPS) is 24.2. The van der Waals surface area contributed by atoms with Crippen LogP contribution in [0.5, 0.6) is 5.75 Å². The second-order valence-corrected chi connectivity index (χ2v) is 10.5. The van der Waals surface area contributed by atoms with Crippen LogP contribution in [0.25, 0.3) is 0 Å². The number of piperazine rings is 1. The molecule has 3 fully saturated rings. The van der Waals surface area contributed by atoms with E-state index in [0.717, 1.165) is 44.6 Å². The van der Waals surface area contributed by atoms with Gasteiger partial charge in [0.1, 0.15) is 5.75 Å². The maximum absolute atomic E-state index is 13.9. The predicted octanol–water partition coefficient (Wildman–Crippen LogP) is 2.79. The fourth-order valence-corrected chi connectivity index (χ4v) is 5.97. The van der Waals surface area contributed by atoms with Gasteiger partial charge >= 0.3 is 0 Å². The number of nitrogens with zero attached hydrogens (tertiary/aromatic N) is 4. The Hall–Kier alpha value is -2.61. The van der Waals surface area contributed by atoms with E-state index >= 15 is 0 Å². The van der Waals surface area contributed by atoms with Crippen LogP contribution in [0.1, 0.15) is 57.1 Å². The van der Waals surface area contributed by atoms with Gasteiger partial charge in [-0.15, -0.1) is 0 Å². The van der Waals surface area contributed by atoms with E-state index in [1.54, 1.807) is 7.11 Å². The molecule has 1 aromatic rings. The second-order valence-electron chi connectivity index (χ2n) is 10.5. The van der Waals surface area contributed by atoms with Crippen molar-refractivity contribution in [3.63, 3.8) is 0 Å². The number of unbranched alkanes of at least 4 members (excludes halogenated alkanes) is 1. The zero-order valence-electron chi connectivity index (χ0n) is 22.2. The highest BCUT2D eigenvalue weighted by molar-refractivity contribution is 5.86. The first kappa shape index (κ1) is 26.5. The molecular formula is C28H42N4O4. The van der Waals surface area contributed by atoms with Gasteiger partial charge in [-0.3, -0.25) is 14.4 Å². The monoisotopic (exact) mass is 498 g/mol. The summed E-state index contributed by atoms with van der Waals surface area (Å²) in [6.07, 6.45) is 4.24. The number of piperidine rings is 2. The van der Waals surface area contributed by atoms with Crippen LogP contribution < -0.4 is 4.74 Å². The minimum atomic E-state index is -0.328. The molecule has 3 saturated heterocycles. The molecule has 0 N–H and O–H groups in total. The van der Waals surface area contributed by atoms with E-state index in [4.69, 9.17) is 4.74 Å². The zero-order valence-corrected chi connectivity index (χ0v) is 22.2. The van der Waals surface area contributed by atoms with Crippen molar-refractivity contribution in [1.82, 2.24) is 19.6 Å². The molecule has 0 aliphatic carbocycles. The first-order chi connectivity index (χ1) is 17.4. The summed E-state index contributed by atoms with van der Waals surface area (Å²) < 4.78 is 5.66. The van der Waals surface area contributed by atoms with Gasteiger partial charge in [0, 0.05) is 63.7 Å². The van der Waals surface area contributed by atoms with E-state index in [9.17, 15) is 14.4 Å². The van der Waals surface area contributed by atoms with E-state index in [1.165, 1.54) is 0 Å². The average molecular weight is 499 g/mol. The summed E-state index contributed by atoms with van der Waals surface area (Å²) in [5.74, 6) is 0.867. The average Bonchev–Trinajstić information content (AvgIpc) is 2.92. The molecule has 2 atom stereocenters. The van der Waals surface area contributed by atoms with Crippen LogP contribution in [0.2, 0.25) is 0 Å². The summed E-state index contributed by atoms with van der Waals surface area (Å²) in [6.45, 7) is 7.37. The highest BCUT2D eigenvalue weighted by Crippen LogP contribution is 2.42. The number of ether oxygens (including phenoxy) is 1. The maximum Gasteiger partial charge on any atom is 0.228 e. The van der Waals surface area contributed by atoms with Crippen molar-refractivity contribution in [2.24, 2.45) is 11.8 Å². The van der Waals surface area contributed by atoms with E-state index in [0.29, 0.717) is 51.1 Å². The molecule has 2 unspecified atom stereocenters. The Balaban J connectivity index is 1.48. The molecule has 3 heterocycles. The Labute approximate surface area is 215 Å². The van der Waals surface area contributed by atoms with Gasteiger partial charge in [0.05, 0.1) is 19.1 Å². The summed E-state index contributed by atoms with van der Waals surface area (Å²) in [4.78, 5) is 48.1. The third-order valence-corrected chi connectivity index (χ3v) is 8.20. The molecule has 0 bridgehead atoms. The Morgan fingerprint density at radius 2 is 1.61 bits per heavy atom. The lowest BCUT2D eigenvalue weighted by atomic mass is 9.82. The highest BCUT2D eigenvalue weighted by atomic mass is 16.5. The minimum absolute atomic E-state index is 0.00328. The van der Waals surface area contributed by atoms with Crippen molar-refractivity contribution >= 4 is 17.7 Å². The SMILES string of the molecule is CCCCN1C(=O)CCC(C(=O)N2CCC(C(=O)N3CCN(C)CC3)CC2)C1c1ccccc1OC. The van der Waals surface area contributed by atoms with Crippen LogP contribution in [0.3, 0.4) is 0 Å². The smallest absolute Gasteiger partial charge is 0.228 e. The van der Waals surface area contributed by atoms with Gasteiger partial charge in [0.2, 0.25) is 17.7 Å². The number of rotatable bonds is 7. The number of carbonyl (C=O) groups is 3. The number of amides is 3. The van der Waals surface area contributed by atoms with E-state index < -0.39 is 0 Å². The largest absolute Gasteiger partial charge is 0.496 e. The molecule has 36 heavy (non-hydrogen) atoms. The molecule has 3 aliphatic heterocycles. The molecule has 3 amide bonds. The summed E-state index contributed by atoms with van der Waals surface area (Å²) in [6, 6.07) is 7.44. The topological polar surface area (TPSA) is 73.4 Å². The van der Waals surface area contributed by atoms with Crippen LogP contribution in [0.15, 0.2) is 24.3 Å². The molecular weight excluding hydrogens is 456 g/mol. The number of hydrogen-bond donors (Lipinski definition) is 0. The number of benzene rings is 1. The molecule has 0 spiro atoms. The van der Waals surface area contributed by atoms with Gasteiger partial charge in [-0.2, -0.15) is 0 Å². The second kappa shape index (κ2) is 12.1. The molecule has 0 aromatic heterocycles. The van der Waals surface area contributed by atoms with E-state index in [2.05, 4.69) is 18.9 Å². The predicted molar refractivity (Wildman–Crippen MR) is 138 cm³/mol. The number of carbonyl (C=O) groups excluding carboxylic acids is 3. The third kappa shape index (κ3) is 5.69. The Morgan fingerprint density at radius 1 is 0.944 bits per heavy atom.